The fourth-order valence-corrected chi connectivity index (χ4v) is 1.72. The van der Waals surface area contributed by atoms with Crippen molar-refractivity contribution in [3.8, 4) is 0 Å². The number of halogens is 2. The molecule has 0 aliphatic heterocycles. The number of ether oxygens (including phenoxy) is 1. The minimum Gasteiger partial charge on any atom is -0.444 e. The highest BCUT2D eigenvalue weighted by molar-refractivity contribution is 6.18. The SMILES string of the molecule is O=C(NN(CCCl)CCCl)OCc1ccccc1. The van der Waals surface area contributed by atoms with Crippen molar-refractivity contribution in [2.45, 2.75) is 6.61 Å². The van der Waals surface area contributed by atoms with Crippen LogP contribution in [-0.2, 0) is 11.3 Å². The predicted molar refractivity (Wildman–Crippen MR) is 72.8 cm³/mol. The first-order valence-corrected chi connectivity index (χ1v) is 6.67. The molecule has 1 aromatic carbocycles. The predicted octanol–water partition coefficient (Wildman–Crippen LogP) is 2.61. The minimum absolute atomic E-state index is 0.238. The van der Waals surface area contributed by atoms with E-state index in [1.165, 1.54) is 0 Å². The molecule has 1 amide bonds. The molecule has 0 bridgehead atoms. The van der Waals surface area contributed by atoms with Crippen molar-refractivity contribution < 1.29 is 9.53 Å². The molecule has 0 radical (unpaired) electrons. The molecule has 0 saturated carbocycles. The highest BCUT2D eigenvalue weighted by atomic mass is 35.5. The van der Waals surface area contributed by atoms with Crippen LogP contribution in [0, 0.1) is 0 Å². The van der Waals surface area contributed by atoms with E-state index in [9.17, 15) is 4.79 Å². The Morgan fingerprint density at radius 3 is 2.33 bits per heavy atom. The monoisotopic (exact) mass is 290 g/mol. The molecule has 1 rings (SSSR count). The number of hydrogen-bond donors (Lipinski definition) is 1. The maximum atomic E-state index is 11.5. The number of amides is 1. The van der Waals surface area contributed by atoms with E-state index in [4.69, 9.17) is 27.9 Å². The Morgan fingerprint density at radius 1 is 1.17 bits per heavy atom. The summed E-state index contributed by atoms with van der Waals surface area (Å²) in [7, 11) is 0. The standard InChI is InChI=1S/C12H16Cl2N2O2/c13-6-8-16(9-7-14)15-12(17)18-10-11-4-2-1-3-5-11/h1-5H,6-10H2,(H,15,17). The number of carbonyl (C=O) groups excluding carboxylic acids is 1. The van der Waals surface area contributed by atoms with E-state index in [0.29, 0.717) is 24.8 Å². The van der Waals surface area contributed by atoms with Crippen LogP contribution < -0.4 is 5.43 Å². The maximum Gasteiger partial charge on any atom is 0.422 e. The molecule has 1 N–H and O–H groups in total. The van der Waals surface area contributed by atoms with E-state index < -0.39 is 6.09 Å². The molecule has 0 heterocycles. The molecule has 0 aromatic heterocycles. The highest BCUT2D eigenvalue weighted by Gasteiger charge is 2.09. The van der Waals surface area contributed by atoms with Crippen LogP contribution >= 0.6 is 23.2 Å². The molecule has 0 fully saturated rings. The summed E-state index contributed by atoms with van der Waals surface area (Å²) in [5.41, 5.74) is 3.53. The molecule has 1 aromatic rings. The number of benzene rings is 1. The molecule has 0 aliphatic carbocycles. The van der Waals surface area contributed by atoms with E-state index in [-0.39, 0.29) is 6.61 Å². The van der Waals surface area contributed by atoms with Crippen molar-refractivity contribution in [1.82, 2.24) is 10.4 Å². The van der Waals surface area contributed by atoms with Crippen LogP contribution in [0.15, 0.2) is 30.3 Å². The van der Waals surface area contributed by atoms with Gasteiger partial charge in [-0.25, -0.2) is 9.80 Å². The topological polar surface area (TPSA) is 41.6 Å². The lowest BCUT2D eigenvalue weighted by Gasteiger charge is -2.20. The molecule has 0 aliphatic rings. The zero-order valence-corrected chi connectivity index (χ0v) is 11.5. The third-order valence-electron chi connectivity index (χ3n) is 2.17. The summed E-state index contributed by atoms with van der Waals surface area (Å²) in [5.74, 6) is 0.825. The Morgan fingerprint density at radius 2 is 1.78 bits per heavy atom. The lowest BCUT2D eigenvalue weighted by atomic mass is 10.2. The van der Waals surface area contributed by atoms with Gasteiger partial charge in [0.15, 0.2) is 0 Å². The van der Waals surface area contributed by atoms with Gasteiger partial charge in [0, 0.05) is 24.8 Å². The van der Waals surface area contributed by atoms with Gasteiger partial charge in [-0.3, -0.25) is 5.43 Å². The second kappa shape index (κ2) is 9.03. The first-order valence-electron chi connectivity index (χ1n) is 5.60. The van der Waals surface area contributed by atoms with E-state index in [1.54, 1.807) is 5.01 Å². The number of hydrogen-bond acceptors (Lipinski definition) is 3. The quantitative estimate of drug-likeness (QED) is 0.620. The Balaban J connectivity index is 2.31. The Kier molecular flexibility index (Phi) is 7.57. The van der Waals surface area contributed by atoms with Crippen molar-refractivity contribution in [1.29, 1.82) is 0 Å². The Labute approximate surface area is 117 Å². The highest BCUT2D eigenvalue weighted by Crippen LogP contribution is 2.00. The van der Waals surface area contributed by atoms with Gasteiger partial charge in [0.1, 0.15) is 6.61 Å². The second-order valence-electron chi connectivity index (χ2n) is 3.54. The van der Waals surface area contributed by atoms with Gasteiger partial charge in [0.25, 0.3) is 0 Å². The molecule has 4 nitrogen and oxygen atoms in total. The van der Waals surface area contributed by atoms with Crippen LogP contribution in [-0.4, -0.2) is 36.0 Å². The number of nitrogens with one attached hydrogen (secondary N) is 1. The zero-order valence-electron chi connectivity index (χ0n) is 9.94. The van der Waals surface area contributed by atoms with Crippen LogP contribution in [0.4, 0.5) is 4.79 Å². The molecule has 18 heavy (non-hydrogen) atoms. The lowest BCUT2D eigenvalue weighted by Crippen LogP contribution is -2.44. The molecule has 0 atom stereocenters. The largest absolute Gasteiger partial charge is 0.444 e. The first-order chi connectivity index (χ1) is 8.76. The van der Waals surface area contributed by atoms with Gasteiger partial charge in [-0.05, 0) is 5.56 Å². The number of alkyl halides is 2. The summed E-state index contributed by atoms with van der Waals surface area (Å²) in [4.78, 5) is 11.5. The van der Waals surface area contributed by atoms with Gasteiger partial charge < -0.3 is 4.74 Å². The number of hydrazine groups is 1. The molecule has 100 valence electrons. The third kappa shape index (κ3) is 6.10. The average Bonchev–Trinajstić information content (AvgIpc) is 2.38. The van der Waals surface area contributed by atoms with Gasteiger partial charge in [0.2, 0.25) is 0 Å². The smallest absolute Gasteiger partial charge is 0.422 e. The molecular formula is C12H16Cl2N2O2. The number of carbonyl (C=O) groups is 1. The van der Waals surface area contributed by atoms with Crippen LogP contribution in [0.1, 0.15) is 5.56 Å². The Hall–Kier alpha value is -0.970. The van der Waals surface area contributed by atoms with Crippen molar-refractivity contribution in [3.63, 3.8) is 0 Å². The van der Waals surface area contributed by atoms with Crippen molar-refractivity contribution in [2.75, 3.05) is 24.8 Å². The number of nitrogens with zero attached hydrogens (tertiary/aromatic N) is 1. The normalized spacial score (nSPS) is 10.4. The summed E-state index contributed by atoms with van der Waals surface area (Å²) in [6.07, 6.45) is -0.505. The summed E-state index contributed by atoms with van der Waals surface area (Å²) < 4.78 is 5.07. The molecule has 0 unspecified atom stereocenters. The van der Waals surface area contributed by atoms with Gasteiger partial charge in [0.05, 0.1) is 0 Å². The van der Waals surface area contributed by atoms with Crippen molar-refractivity contribution in [3.05, 3.63) is 35.9 Å². The number of rotatable bonds is 7. The van der Waals surface area contributed by atoms with Crippen LogP contribution in [0.5, 0.6) is 0 Å². The van der Waals surface area contributed by atoms with Gasteiger partial charge in [-0.15, -0.1) is 23.2 Å². The molecule has 0 spiro atoms. The average molecular weight is 291 g/mol. The Bertz CT molecular complexity index is 343. The maximum absolute atomic E-state index is 11.5. The van der Waals surface area contributed by atoms with E-state index in [1.807, 2.05) is 30.3 Å². The summed E-state index contributed by atoms with van der Waals surface area (Å²) in [5, 5.41) is 1.63. The van der Waals surface area contributed by atoms with Crippen LogP contribution in [0.3, 0.4) is 0 Å². The second-order valence-corrected chi connectivity index (χ2v) is 4.29. The fraction of sp³-hybridized carbons (Fsp3) is 0.417. The summed E-state index contributed by atoms with van der Waals surface area (Å²) >= 11 is 11.2. The molecular weight excluding hydrogens is 275 g/mol. The van der Waals surface area contributed by atoms with Crippen molar-refractivity contribution in [2.24, 2.45) is 0 Å². The lowest BCUT2D eigenvalue weighted by molar-refractivity contribution is 0.104. The van der Waals surface area contributed by atoms with Crippen molar-refractivity contribution >= 4 is 29.3 Å². The van der Waals surface area contributed by atoms with E-state index in [2.05, 4.69) is 5.43 Å². The van der Waals surface area contributed by atoms with Crippen LogP contribution in [0.2, 0.25) is 0 Å². The zero-order chi connectivity index (χ0) is 13.2. The van der Waals surface area contributed by atoms with Gasteiger partial charge in [-0.2, -0.15) is 0 Å². The summed E-state index contributed by atoms with van der Waals surface area (Å²) in [6.45, 7) is 1.28. The minimum atomic E-state index is -0.505. The first kappa shape index (κ1) is 15.1. The van der Waals surface area contributed by atoms with E-state index >= 15 is 0 Å². The van der Waals surface area contributed by atoms with E-state index in [0.717, 1.165) is 5.56 Å². The summed E-state index contributed by atoms with van der Waals surface area (Å²) in [6, 6.07) is 9.48. The van der Waals surface area contributed by atoms with Gasteiger partial charge >= 0.3 is 6.09 Å². The van der Waals surface area contributed by atoms with Gasteiger partial charge in [-0.1, -0.05) is 30.3 Å². The third-order valence-corrected chi connectivity index (χ3v) is 2.51. The molecule has 6 heteroatoms. The molecule has 0 saturated heterocycles. The fourth-order valence-electron chi connectivity index (χ4n) is 1.31. The van der Waals surface area contributed by atoms with Crippen LogP contribution in [0.25, 0.3) is 0 Å².